The number of H-pyrrole nitrogens is 1. The van der Waals surface area contributed by atoms with Crippen LogP contribution in [0, 0.1) is 5.92 Å². The van der Waals surface area contributed by atoms with Gasteiger partial charge in [0.15, 0.2) is 6.10 Å². The van der Waals surface area contributed by atoms with Crippen LogP contribution in [0.4, 0.5) is 0 Å². The highest BCUT2D eigenvalue weighted by atomic mass is 16.5. The molecule has 0 saturated heterocycles. The second-order valence-corrected chi connectivity index (χ2v) is 6.43. The number of Topliss-reactive ketones (excluding diaryl/α,β-unsaturated/α-hetero) is 1. The van der Waals surface area contributed by atoms with E-state index in [1.165, 1.54) is 25.7 Å². The van der Waals surface area contributed by atoms with Crippen LogP contribution in [0.3, 0.4) is 0 Å². The van der Waals surface area contributed by atoms with E-state index in [1.54, 1.807) is 13.1 Å². The molecule has 0 bridgehead atoms. The number of fused-ring (bicyclic) bond motifs is 1. The Kier molecular flexibility index (Phi) is 4.79. The zero-order valence-corrected chi connectivity index (χ0v) is 13.5. The molecule has 0 aliphatic heterocycles. The molecule has 0 amide bonds. The number of esters is 1. The molecule has 1 aromatic heterocycles. The Morgan fingerprint density at radius 1 is 1.26 bits per heavy atom. The summed E-state index contributed by atoms with van der Waals surface area (Å²) in [5.41, 5.74) is 1.49. The summed E-state index contributed by atoms with van der Waals surface area (Å²) in [7, 11) is 0. The van der Waals surface area contributed by atoms with Gasteiger partial charge in [0, 0.05) is 29.1 Å². The average molecular weight is 313 g/mol. The van der Waals surface area contributed by atoms with Crippen LogP contribution in [0.5, 0.6) is 0 Å². The highest BCUT2D eigenvalue weighted by Gasteiger charge is 2.23. The van der Waals surface area contributed by atoms with E-state index in [1.807, 2.05) is 24.3 Å². The topological polar surface area (TPSA) is 59.2 Å². The fourth-order valence-electron chi connectivity index (χ4n) is 3.42. The van der Waals surface area contributed by atoms with Crippen molar-refractivity contribution < 1.29 is 14.3 Å². The molecule has 1 atom stereocenters. The molecule has 0 unspecified atom stereocenters. The van der Waals surface area contributed by atoms with E-state index in [4.69, 9.17) is 4.74 Å². The molecule has 1 saturated carbocycles. The Balaban J connectivity index is 1.57. The Labute approximate surface area is 136 Å². The van der Waals surface area contributed by atoms with Gasteiger partial charge in [-0.25, -0.2) is 0 Å². The van der Waals surface area contributed by atoms with Crippen molar-refractivity contribution in [2.75, 3.05) is 0 Å². The summed E-state index contributed by atoms with van der Waals surface area (Å²) in [5, 5.41) is 0.867. The lowest BCUT2D eigenvalue weighted by atomic mass is 10.0. The molecule has 4 heteroatoms. The van der Waals surface area contributed by atoms with E-state index < -0.39 is 6.10 Å². The van der Waals surface area contributed by atoms with Crippen molar-refractivity contribution in [3.05, 3.63) is 36.0 Å². The van der Waals surface area contributed by atoms with Crippen LogP contribution in [0.25, 0.3) is 10.9 Å². The van der Waals surface area contributed by atoms with Crippen LogP contribution >= 0.6 is 0 Å². The van der Waals surface area contributed by atoms with Crippen LogP contribution in [0.2, 0.25) is 0 Å². The van der Waals surface area contributed by atoms with Crippen LogP contribution in [-0.4, -0.2) is 22.8 Å². The number of hydrogen-bond acceptors (Lipinski definition) is 3. The minimum absolute atomic E-state index is 0.156. The molecule has 2 aromatic rings. The third kappa shape index (κ3) is 3.63. The van der Waals surface area contributed by atoms with Crippen LogP contribution < -0.4 is 0 Å². The Hall–Kier alpha value is -2.10. The minimum Gasteiger partial charge on any atom is -0.454 e. The maximum Gasteiger partial charge on any atom is 0.306 e. The molecule has 1 aliphatic rings. The average Bonchev–Trinajstić information content (AvgIpc) is 3.21. The van der Waals surface area contributed by atoms with Gasteiger partial charge in [-0.2, -0.15) is 0 Å². The van der Waals surface area contributed by atoms with Crippen molar-refractivity contribution in [1.82, 2.24) is 4.98 Å². The van der Waals surface area contributed by atoms with Gasteiger partial charge in [0.25, 0.3) is 0 Å². The predicted molar refractivity (Wildman–Crippen MR) is 89.4 cm³/mol. The summed E-state index contributed by atoms with van der Waals surface area (Å²) < 4.78 is 5.34. The number of benzene rings is 1. The summed E-state index contributed by atoms with van der Waals surface area (Å²) in [6, 6.07) is 7.63. The van der Waals surface area contributed by atoms with Gasteiger partial charge in [0.2, 0.25) is 5.78 Å². The van der Waals surface area contributed by atoms with Crippen molar-refractivity contribution in [2.45, 2.75) is 51.6 Å². The monoisotopic (exact) mass is 313 g/mol. The Morgan fingerprint density at radius 2 is 2.00 bits per heavy atom. The van der Waals surface area contributed by atoms with Crippen molar-refractivity contribution in [3.63, 3.8) is 0 Å². The van der Waals surface area contributed by atoms with Gasteiger partial charge in [-0.3, -0.25) is 9.59 Å². The zero-order valence-electron chi connectivity index (χ0n) is 13.5. The second-order valence-electron chi connectivity index (χ2n) is 6.43. The number of hydrogen-bond donors (Lipinski definition) is 1. The number of ketones is 1. The van der Waals surface area contributed by atoms with Gasteiger partial charge in [0.1, 0.15) is 0 Å². The van der Waals surface area contributed by atoms with Crippen molar-refractivity contribution in [1.29, 1.82) is 0 Å². The van der Waals surface area contributed by atoms with Crippen LogP contribution in [0.1, 0.15) is 55.8 Å². The van der Waals surface area contributed by atoms with E-state index >= 15 is 0 Å². The number of rotatable bonds is 6. The second kappa shape index (κ2) is 6.99. The fraction of sp³-hybridized carbons (Fsp3) is 0.474. The van der Waals surface area contributed by atoms with E-state index in [0.717, 1.165) is 17.3 Å². The lowest BCUT2D eigenvalue weighted by molar-refractivity contribution is -0.146. The quantitative estimate of drug-likeness (QED) is 0.640. The first kappa shape index (κ1) is 15.8. The summed E-state index contributed by atoms with van der Waals surface area (Å²) in [6.45, 7) is 1.65. The smallest absolute Gasteiger partial charge is 0.306 e. The molecule has 3 rings (SSSR count). The molecular formula is C19H23NO3. The van der Waals surface area contributed by atoms with E-state index in [9.17, 15) is 9.59 Å². The SMILES string of the molecule is C[C@H](OC(=O)CCC1CCCC1)C(=O)c1c[nH]c2ccccc12. The van der Waals surface area contributed by atoms with Gasteiger partial charge in [-0.1, -0.05) is 43.9 Å². The Morgan fingerprint density at radius 3 is 2.78 bits per heavy atom. The lowest BCUT2D eigenvalue weighted by Crippen LogP contribution is -2.24. The van der Waals surface area contributed by atoms with Crippen LogP contribution in [0.15, 0.2) is 30.5 Å². The van der Waals surface area contributed by atoms with Crippen molar-refractivity contribution in [3.8, 4) is 0 Å². The summed E-state index contributed by atoms with van der Waals surface area (Å²) in [5.74, 6) is 0.233. The molecule has 1 aromatic carbocycles. The number of aromatic amines is 1. The number of nitrogens with one attached hydrogen (secondary N) is 1. The first-order valence-corrected chi connectivity index (χ1v) is 8.45. The van der Waals surface area contributed by atoms with Gasteiger partial charge in [-0.15, -0.1) is 0 Å². The summed E-state index contributed by atoms with van der Waals surface area (Å²) in [4.78, 5) is 27.6. The highest BCUT2D eigenvalue weighted by Crippen LogP contribution is 2.28. The van der Waals surface area contributed by atoms with Crippen LogP contribution in [-0.2, 0) is 9.53 Å². The van der Waals surface area contributed by atoms with E-state index in [2.05, 4.69) is 4.98 Å². The highest BCUT2D eigenvalue weighted by molar-refractivity contribution is 6.10. The van der Waals surface area contributed by atoms with Gasteiger partial charge in [-0.05, 0) is 25.3 Å². The number of ether oxygens (including phenoxy) is 1. The molecule has 1 fully saturated rings. The van der Waals surface area contributed by atoms with Crippen molar-refractivity contribution in [2.24, 2.45) is 5.92 Å². The fourth-order valence-corrected chi connectivity index (χ4v) is 3.42. The molecule has 1 aliphatic carbocycles. The van der Waals surface area contributed by atoms with Gasteiger partial charge < -0.3 is 9.72 Å². The zero-order chi connectivity index (χ0) is 16.2. The molecule has 0 spiro atoms. The summed E-state index contributed by atoms with van der Waals surface area (Å²) >= 11 is 0. The van der Waals surface area contributed by atoms with Crippen molar-refractivity contribution >= 4 is 22.7 Å². The molecule has 0 radical (unpaired) electrons. The first-order valence-electron chi connectivity index (χ1n) is 8.45. The third-order valence-electron chi connectivity index (χ3n) is 4.76. The maximum atomic E-state index is 12.5. The maximum absolute atomic E-state index is 12.5. The number of para-hydroxylation sites is 1. The predicted octanol–water partition coefficient (Wildman–Crippen LogP) is 4.25. The number of aromatic nitrogens is 1. The normalized spacial score (nSPS) is 16.6. The van der Waals surface area contributed by atoms with E-state index in [-0.39, 0.29) is 11.8 Å². The largest absolute Gasteiger partial charge is 0.454 e. The first-order chi connectivity index (χ1) is 11.1. The molecular weight excluding hydrogens is 290 g/mol. The molecule has 122 valence electrons. The number of carbonyl (C=O) groups is 2. The summed E-state index contributed by atoms with van der Waals surface area (Å²) in [6.07, 6.45) is 7.22. The standard InChI is InChI=1S/C19H23NO3/c1-13(23-18(21)11-10-14-6-2-3-7-14)19(22)16-12-20-17-9-5-4-8-15(16)17/h4-5,8-9,12-14,20H,2-3,6-7,10-11H2,1H3/t13-/m0/s1. The molecule has 1 heterocycles. The molecule has 1 N–H and O–H groups in total. The van der Waals surface area contributed by atoms with Gasteiger partial charge >= 0.3 is 5.97 Å². The van der Waals surface area contributed by atoms with E-state index in [0.29, 0.717) is 17.9 Å². The minimum atomic E-state index is -0.745. The van der Waals surface area contributed by atoms with Gasteiger partial charge in [0.05, 0.1) is 0 Å². The molecule has 23 heavy (non-hydrogen) atoms. The Bertz CT molecular complexity index is 697. The number of carbonyl (C=O) groups excluding carboxylic acids is 2. The third-order valence-corrected chi connectivity index (χ3v) is 4.76. The lowest BCUT2D eigenvalue weighted by Gasteiger charge is -2.13. The molecule has 4 nitrogen and oxygen atoms in total.